The van der Waals surface area contributed by atoms with E-state index in [1.54, 1.807) is 37.3 Å². The molecule has 186 valence electrons. The van der Waals surface area contributed by atoms with Crippen LogP contribution in [-0.4, -0.2) is 42.9 Å². The van der Waals surface area contributed by atoms with Crippen LogP contribution >= 0.6 is 11.6 Å². The van der Waals surface area contributed by atoms with E-state index < -0.39 is 47.0 Å². The van der Waals surface area contributed by atoms with Gasteiger partial charge in [-0.2, -0.15) is 0 Å². The maximum absolute atomic E-state index is 14.0. The van der Waals surface area contributed by atoms with E-state index in [1.807, 2.05) is 0 Å². The second-order valence-corrected chi connectivity index (χ2v) is 9.86. The molecule has 10 nitrogen and oxygen atoms in total. The van der Waals surface area contributed by atoms with Gasteiger partial charge in [-0.3, -0.25) is 24.5 Å². The molecule has 4 unspecified atom stereocenters. The molecule has 2 aromatic rings. The summed E-state index contributed by atoms with van der Waals surface area (Å²) in [5.74, 6) is -2.88. The molecule has 1 spiro atoms. The Morgan fingerprint density at radius 1 is 1.14 bits per heavy atom. The molecule has 0 saturated carbocycles. The molecule has 0 radical (unpaired) electrons. The van der Waals surface area contributed by atoms with E-state index in [9.17, 15) is 19.2 Å². The number of nitrogens with two attached hydrogens (primary N) is 1. The van der Waals surface area contributed by atoms with Crippen LogP contribution in [0.2, 0.25) is 5.02 Å². The van der Waals surface area contributed by atoms with Crippen molar-refractivity contribution in [2.45, 2.75) is 31.3 Å². The van der Waals surface area contributed by atoms with Gasteiger partial charge >= 0.3 is 0 Å². The predicted molar refractivity (Wildman–Crippen MR) is 129 cm³/mol. The Kier molecular flexibility index (Phi) is 5.03. The molecule has 2 fully saturated rings. The minimum Gasteiger partial charge on any atom is -0.486 e. The van der Waals surface area contributed by atoms with Crippen LogP contribution in [0.3, 0.4) is 0 Å². The zero-order chi connectivity index (χ0) is 25.4. The van der Waals surface area contributed by atoms with Crippen molar-refractivity contribution < 1.29 is 28.7 Å². The number of primary amides is 1. The Morgan fingerprint density at radius 2 is 1.89 bits per heavy atom. The average molecular weight is 511 g/mol. The van der Waals surface area contributed by atoms with Crippen molar-refractivity contribution in [3.05, 3.63) is 46.5 Å². The Morgan fingerprint density at radius 3 is 2.64 bits per heavy atom. The Balaban J connectivity index is 1.47. The quantitative estimate of drug-likeness (QED) is 0.531. The third kappa shape index (κ3) is 3.00. The van der Waals surface area contributed by atoms with Gasteiger partial charge in [0.25, 0.3) is 0 Å². The van der Waals surface area contributed by atoms with E-state index in [0.717, 1.165) is 4.90 Å². The van der Waals surface area contributed by atoms with Gasteiger partial charge in [0.15, 0.2) is 11.5 Å². The van der Waals surface area contributed by atoms with Gasteiger partial charge in [0.2, 0.25) is 23.6 Å². The number of carbonyl (C=O) groups is 4. The summed E-state index contributed by atoms with van der Waals surface area (Å²) in [4.78, 5) is 54.1. The van der Waals surface area contributed by atoms with Crippen LogP contribution in [0.4, 0.5) is 11.4 Å². The molecule has 0 aliphatic carbocycles. The fourth-order valence-corrected chi connectivity index (χ4v) is 6.12. The predicted octanol–water partition coefficient (Wildman–Crippen LogP) is 1.61. The molecular formula is C25H23ClN4O6. The van der Waals surface area contributed by atoms with Crippen molar-refractivity contribution in [3.8, 4) is 11.5 Å². The minimum atomic E-state index is -1.49. The standard InChI is InChI=1S/C25H23ClN4O6/c1-11-14(26)4-3-13-21(11)28-24(34)25(13)20-19(15(29-25)5-7-18(27)31)22(32)30(23(20)33)12-2-6-16-17(10-12)36-9-8-35-16/h2-4,6,10,15,19-20,29H,5,7-9H2,1H3,(H2,27,31)(H,28,34). The lowest BCUT2D eigenvalue weighted by Gasteiger charge is -2.30. The maximum atomic E-state index is 14.0. The number of nitrogens with one attached hydrogen (secondary N) is 2. The zero-order valence-electron chi connectivity index (χ0n) is 19.3. The molecule has 4 heterocycles. The molecule has 0 aromatic heterocycles. The summed E-state index contributed by atoms with van der Waals surface area (Å²) in [6.07, 6.45) is 0.192. The van der Waals surface area contributed by atoms with Crippen molar-refractivity contribution in [1.82, 2.24) is 5.32 Å². The first-order valence-corrected chi connectivity index (χ1v) is 12.1. The number of fused-ring (bicyclic) bond motifs is 5. The number of hydrogen-bond acceptors (Lipinski definition) is 7. The third-order valence-corrected chi connectivity index (χ3v) is 7.98. The van der Waals surface area contributed by atoms with Crippen molar-refractivity contribution in [2.75, 3.05) is 23.4 Å². The molecule has 11 heteroatoms. The topological polar surface area (TPSA) is 140 Å². The van der Waals surface area contributed by atoms with E-state index >= 15 is 0 Å². The molecule has 2 saturated heterocycles. The summed E-state index contributed by atoms with van der Waals surface area (Å²) in [6.45, 7) is 2.54. The van der Waals surface area contributed by atoms with Gasteiger partial charge in [-0.25, -0.2) is 4.90 Å². The molecule has 4 aliphatic rings. The minimum absolute atomic E-state index is 0.00339. The lowest BCUT2D eigenvalue weighted by molar-refractivity contribution is -0.130. The van der Waals surface area contributed by atoms with Crippen LogP contribution < -0.4 is 30.7 Å². The second kappa shape index (κ2) is 7.94. The highest BCUT2D eigenvalue weighted by Crippen LogP contribution is 2.55. The first kappa shape index (κ1) is 22.8. The van der Waals surface area contributed by atoms with Crippen LogP contribution in [0, 0.1) is 18.8 Å². The van der Waals surface area contributed by atoms with Crippen molar-refractivity contribution >= 4 is 46.6 Å². The van der Waals surface area contributed by atoms with Gasteiger partial charge in [-0.1, -0.05) is 17.7 Å². The average Bonchev–Trinajstić information content (AvgIpc) is 3.44. The van der Waals surface area contributed by atoms with Crippen molar-refractivity contribution in [1.29, 1.82) is 0 Å². The largest absolute Gasteiger partial charge is 0.486 e. The molecule has 36 heavy (non-hydrogen) atoms. The molecule has 4 atom stereocenters. The lowest BCUT2D eigenvalue weighted by atomic mass is 9.76. The number of halogens is 1. The van der Waals surface area contributed by atoms with Crippen LogP contribution in [0.5, 0.6) is 11.5 Å². The smallest absolute Gasteiger partial charge is 0.250 e. The van der Waals surface area contributed by atoms with E-state index in [2.05, 4.69) is 10.6 Å². The number of imide groups is 1. The molecule has 4 aliphatic heterocycles. The van der Waals surface area contributed by atoms with Crippen LogP contribution in [-0.2, 0) is 24.7 Å². The number of carbonyl (C=O) groups excluding carboxylic acids is 4. The van der Waals surface area contributed by atoms with E-state index in [4.69, 9.17) is 26.8 Å². The van der Waals surface area contributed by atoms with E-state index in [0.29, 0.717) is 52.2 Å². The first-order valence-electron chi connectivity index (χ1n) is 11.7. The number of anilines is 2. The fraction of sp³-hybridized carbons (Fsp3) is 0.360. The molecule has 6 rings (SSSR count). The van der Waals surface area contributed by atoms with Crippen LogP contribution in [0.25, 0.3) is 0 Å². The monoisotopic (exact) mass is 510 g/mol. The summed E-state index contributed by atoms with van der Waals surface area (Å²) in [5, 5.41) is 6.63. The molecule has 4 amide bonds. The summed E-state index contributed by atoms with van der Waals surface area (Å²) < 4.78 is 11.2. The molecule has 0 bridgehead atoms. The number of nitrogens with zero attached hydrogens (tertiary/aromatic N) is 1. The molecular weight excluding hydrogens is 488 g/mol. The fourth-order valence-electron chi connectivity index (χ4n) is 5.96. The molecule has 4 N–H and O–H groups in total. The van der Waals surface area contributed by atoms with Gasteiger partial charge in [0, 0.05) is 29.1 Å². The van der Waals surface area contributed by atoms with Gasteiger partial charge in [0.05, 0.1) is 23.2 Å². The second-order valence-electron chi connectivity index (χ2n) is 9.46. The number of rotatable bonds is 4. The summed E-state index contributed by atoms with van der Waals surface area (Å²) in [5.41, 5.74) is 5.97. The van der Waals surface area contributed by atoms with Crippen LogP contribution in [0.15, 0.2) is 30.3 Å². The summed E-state index contributed by atoms with van der Waals surface area (Å²) in [7, 11) is 0. The number of benzene rings is 2. The third-order valence-electron chi connectivity index (χ3n) is 7.57. The zero-order valence-corrected chi connectivity index (χ0v) is 20.1. The number of hydrogen-bond donors (Lipinski definition) is 3. The van der Waals surface area contributed by atoms with Gasteiger partial charge < -0.3 is 20.5 Å². The van der Waals surface area contributed by atoms with Gasteiger partial charge in [0.1, 0.15) is 18.8 Å². The maximum Gasteiger partial charge on any atom is 0.250 e. The highest BCUT2D eigenvalue weighted by atomic mass is 35.5. The van der Waals surface area contributed by atoms with Gasteiger partial charge in [-0.15, -0.1) is 0 Å². The highest BCUT2D eigenvalue weighted by Gasteiger charge is 2.70. The Labute approximate surface area is 211 Å². The van der Waals surface area contributed by atoms with Gasteiger partial charge in [-0.05, 0) is 37.1 Å². The van der Waals surface area contributed by atoms with E-state index in [-0.39, 0.29) is 12.8 Å². The van der Waals surface area contributed by atoms with E-state index in [1.165, 1.54) is 0 Å². The lowest BCUT2D eigenvalue weighted by Crippen LogP contribution is -2.53. The first-order chi connectivity index (χ1) is 17.2. The number of amides is 4. The van der Waals surface area contributed by atoms with Crippen LogP contribution in [0.1, 0.15) is 24.0 Å². The summed E-state index contributed by atoms with van der Waals surface area (Å²) >= 11 is 6.30. The number of ether oxygens (including phenoxy) is 2. The molecule has 2 aromatic carbocycles. The highest BCUT2D eigenvalue weighted by molar-refractivity contribution is 6.32. The summed E-state index contributed by atoms with van der Waals surface area (Å²) in [6, 6.07) is 7.61. The Bertz CT molecular complexity index is 1360. The Hall–Kier alpha value is -3.63. The van der Waals surface area contributed by atoms with Crippen molar-refractivity contribution in [2.24, 2.45) is 17.6 Å². The normalized spacial score (nSPS) is 27.9. The SMILES string of the molecule is Cc1c(Cl)ccc2c1NC(=O)C21NC(CCC(N)=O)C2C(=O)N(c3ccc4c(c3)OCCO4)C(=O)C21. The van der Waals surface area contributed by atoms with Crippen molar-refractivity contribution in [3.63, 3.8) is 0 Å².